The number of alkyl halides is 3. The van der Waals surface area contributed by atoms with Crippen LogP contribution in [0.4, 0.5) is 30.6 Å². The van der Waals surface area contributed by atoms with E-state index in [4.69, 9.17) is 9.05 Å². The van der Waals surface area contributed by atoms with E-state index in [1.165, 1.54) is 18.2 Å². The van der Waals surface area contributed by atoms with Crippen LogP contribution in [0.5, 0.6) is 0 Å². The SMILES string of the molecule is CCOP(=O)(Cc1ccc(Nc2ncc(C(F)(F)F)c(NCc3cccc(S(C)(=O)=O)c3)n2)cc1)OCC. The summed E-state index contributed by atoms with van der Waals surface area (Å²) in [6.07, 6.45) is -2.93. The van der Waals surface area contributed by atoms with Crippen molar-refractivity contribution >= 4 is 34.9 Å². The molecule has 14 heteroatoms. The van der Waals surface area contributed by atoms with Crippen molar-refractivity contribution < 1.29 is 35.2 Å². The highest BCUT2D eigenvalue weighted by atomic mass is 32.2. The zero-order chi connectivity index (χ0) is 28.0. The zero-order valence-corrected chi connectivity index (χ0v) is 22.7. The highest BCUT2D eigenvalue weighted by Crippen LogP contribution is 2.51. The van der Waals surface area contributed by atoms with Crippen molar-refractivity contribution in [2.45, 2.75) is 37.6 Å². The first-order chi connectivity index (χ1) is 17.8. The molecule has 0 saturated heterocycles. The zero-order valence-electron chi connectivity index (χ0n) is 20.9. The topological polar surface area (TPSA) is 120 Å². The monoisotopic (exact) mass is 572 g/mol. The molecule has 1 heterocycles. The molecule has 0 fully saturated rings. The molecule has 0 unspecified atom stereocenters. The van der Waals surface area contributed by atoms with Gasteiger partial charge >= 0.3 is 13.8 Å². The first kappa shape index (κ1) is 29.6. The summed E-state index contributed by atoms with van der Waals surface area (Å²) in [5, 5.41) is 5.49. The summed E-state index contributed by atoms with van der Waals surface area (Å²) >= 11 is 0. The molecule has 38 heavy (non-hydrogen) atoms. The van der Waals surface area contributed by atoms with Crippen LogP contribution >= 0.6 is 7.60 Å². The fourth-order valence-corrected chi connectivity index (χ4v) is 5.82. The number of nitrogens with zero attached hydrogens (tertiary/aromatic N) is 2. The van der Waals surface area contributed by atoms with Crippen molar-refractivity contribution in [2.75, 3.05) is 30.1 Å². The Morgan fingerprint density at radius 2 is 1.66 bits per heavy atom. The summed E-state index contributed by atoms with van der Waals surface area (Å²) in [5.74, 6) is -0.557. The third-order valence-corrected chi connectivity index (χ3v) is 8.28. The summed E-state index contributed by atoms with van der Waals surface area (Å²) in [7, 11) is -6.76. The molecule has 0 aliphatic carbocycles. The summed E-state index contributed by atoms with van der Waals surface area (Å²) in [4.78, 5) is 7.84. The molecule has 0 bridgehead atoms. The summed E-state index contributed by atoms with van der Waals surface area (Å²) in [6, 6.07) is 12.5. The minimum Gasteiger partial charge on any atom is -0.365 e. The van der Waals surface area contributed by atoms with Gasteiger partial charge in [0.2, 0.25) is 5.95 Å². The largest absolute Gasteiger partial charge is 0.421 e. The molecule has 1 aromatic heterocycles. The molecule has 0 saturated carbocycles. The predicted octanol–water partition coefficient (Wildman–Crippen LogP) is 6.02. The van der Waals surface area contributed by atoms with Gasteiger partial charge in [-0.1, -0.05) is 24.3 Å². The third-order valence-electron chi connectivity index (χ3n) is 5.12. The fourth-order valence-electron chi connectivity index (χ4n) is 3.42. The lowest BCUT2D eigenvalue weighted by Crippen LogP contribution is -2.14. The molecule has 9 nitrogen and oxygen atoms in total. The van der Waals surface area contributed by atoms with Crippen molar-refractivity contribution in [2.24, 2.45) is 0 Å². The number of halogens is 3. The maximum absolute atomic E-state index is 13.6. The van der Waals surface area contributed by atoms with E-state index in [0.717, 1.165) is 6.26 Å². The molecule has 2 N–H and O–H groups in total. The van der Waals surface area contributed by atoms with Gasteiger partial charge in [-0.05, 0) is 49.2 Å². The van der Waals surface area contributed by atoms with Crippen LogP contribution in [-0.4, -0.2) is 37.9 Å². The minimum atomic E-state index is -4.72. The maximum Gasteiger partial charge on any atom is 0.421 e. The predicted molar refractivity (Wildman–Crippen MR) is 138 cm³/mol. The number of hydrogen-bond acceptors (Lipinski definition) is 9. The van der Waals surface area contributed by atoms with E-state index >= 15 is 0 Å². The summed E-state index contributed by atoms with van der Waals surface area (Å²) < 4.78 is 87.6. The Morgan fingerprint density at radius 3 is 2.24 bits per heavy atom. The van der Waals surface area contributed by atoms with Gasteiger partial charge in [-0.3, -0.25) is 4.57 Å². The highest BCUT2D eigenvalue weighted by molar-refractivity contribution is 7.90. The standard InChI is InChI=1S/C24H28F3N4O5PS/c1-4-35-37(32,36-5-2)16-17-9-11-19(12-10-17)30-23-29-15-21(24(25,26)27)22(31-23)28-14-18-7-6-8-20(13-18)38(3,33)34/h6-13,15H,4-5,14,16H2,1-3H3,(H2,28,29,30,31). The van der Waals surface area contributed by atoms with Gasteiger partial charge in [0.15, 0.2) is 9.84 Å². The van der Waals surface area contributed by atoms with Crippen LogP contribution < -0.4 is 10.6 Å². The number of aromatic nitrogens is 2. The number of benzene rings is 2. The van der Waals surface area contributed by atoms with E-state index in [-0.39, 0.29) is 36.8 Å². The molecular weight excluding hydrogens is 544 g/mol. The molecule has 0 aliphatic rings. The second-order valence-corrected chi connectivity index (χ2v) is 12.2. The van der Waals surface area contributed by atoms with E-state index in [1.54, 1.807) is 44.2 Å². The summed E-state index contributed by atoms with van der Waals surface area (Å²) in [5.41, 5.74) is 0.567. The van der Waals surface area contributed by atoms with Gasteiger partial charge in [-0.2, -0.15) is 18.2 Å². The number of sulfone groups is 1. The van der Waals surface area contributed by atoms with Crippen molar-refractivity contribution in [3.8, 4) is 0 Å². The van der Waals surface area contributed by atoms with Gasteiger partial charge in [0.05, 0.1) is 24.3 Å². The first-order valence-electron chi connectivity index (χ1n) is 11.5. The van der Waals surface area contributed by atoms with Gasteiger partial charge in [0.1, 0.15) is 11.4 Å². The molecule has 2 aromatic carbocycles. The van der Waals surface area contributed by atoms with Crippen LogP contribution in [0.3, 0.4) is 0 Å². The fraction of sp³-hybridized carbons (Fsp3) is 0.333. The molecule has 0 aliphatic heterocycles. The Kier molecular flexibility index (Phi) is 9.53. The molecule has 0 spiro atoms. The second-order valence-electron chi connectivity index (χ2n) is 8.15. The average molecular weight is 573 g/mol. The molecular formula is C24H28F3N4O5PS. The average Bonchev–Trinajstić information content (AvgIpc) is 2.83. The number of rotatable bonds is 12. The van der Waals surface area contributed by atoms with E-state index in [1.807, 2.05) is 0 Å². The second kappa shape index (κ2) is 12.2. The lowest BCUT2D eigenvalue weighted by Gasteiger charge is -2.17. The normalized spacial score (nSPS) is 12.4. The van der Waals surface area contributed by atoms with Crippen LogP contribution in [0.15, 0.2) is 59.6 Å². The Hall–Kier alpha value is -2.99. The lowest BCUT2D eigenvalue weighted by molar-refractivity contribution is -0.137. The smallest absolute Gasteiger partial charge is 0.365 e. The van der Waals surface area contributed by atoms with Gasteiger partial charge in [0, 0.05) is 24.7 Å². The summed E-state index contributed by atoms with van der Waals surface area (Å²) in [6.45, 7) is 3.82. The van der Waals surface area contributed by atoms with Crippen LogP contribution in [0.2, 0.25) is 0 Å². The van der Waals surface area contributed by atoms with Gasteiger partial charge in [-0.15, -0.1) is 0 Å². The quantitative estimate of drug-likeness (QED) is 0.251. The van der Waals surface area contributed by atoms with Crippen molar-refractivity contribution in [1.82, 2.24) is 9.97 Å². The maximum atomic E-state index is 13.6. The van der Waals surface area contributed by atoms with Crippen molar-refractivity contribution in [3.05, 3.63) is 71.4 Å². The molecule has 206 valence electrons. The van der Waals surface area contributed by atoms with E-state index < -0.39 is 35.0 Å². The van der Waals surface area contributed by atoms with Crippen LogP contribution in [0, 0.1) is 0 Å². The van der Waals surface area contributed by atoms with E-state index in [9.17, 15) is 26.2 Å². The third kappa shape index (κ3) is 8.26. The molecule has 0 radical (unpaired) electrons. The lowest BCUT2D eigenvalue weighted by atomic mass is 10.2. The van der Waals surface area contributed by atoms with Crippen LogP contribution in [0.25, 0.3) is 0 Å². The van der Waals surface area contributed by atoms with E-state index in [0.29, 0.717) is 23.0 Å². The Balaban J connectivity index is 1.79. The van der Waals surface area contributed by atoms with Crippen LogP contribution in [-0.2, 0) is 42.3 Å². The van der Waals surface area contributed by atoms with Gasteiger partial charge in [-0.25, -0.2) is 13.4 Å². The Bertz CT molecular complexity index is 1390. The van der Waals surface area contributed by atoms with Crippen molar-refractivity contribution in [3.63, 3.8) is 0 Å². The highest BCUT2D eigenvalue weighted by Gasteiger charge is 2.35. The van der Waals surface area contributed by atoms with E-state index in [2.05, 4.69) is 20.6 Å². The molecule has 3 aromatic rings. The molecule has 0 amide bonds. The number of nitrogens with one attached hydrogen (secondary N) is 2. The Labute approximate surface area is 219 Å². The molecule has 3 rings (SSSR count). The molecule has 0 atom stereocenters. The van der Waals surface area contributed by atoms with Crippen molar-refractivity contribution in [1.29, 1.82) is 0 Å². The Morgan fingerprint density at radius 1 is 1.00 bits per heavy atom. The first-order valence-corrected chi connectivity index (χ1v) is 15.2. The number of hydrogen-bond donors (Lipinski definition) is 2. The van der Waals surface area contributed by atoms with Gasteiger partial charge < -0.3 is 19.7 Å². The van der Waals surface area contributed by atoms with Crippen LogP contribution in [0.1, 0.15) is 30.5 Å². The minimum absolute atomic E-state index is 0.0557. The van der Waals surface area contributed by atoms with Gasteiger partial charge in [0.25, 0.3) is 0 Å². The number of anilines is 3.